The molecule has 6 nitrogen and oxygen atoms in total. The van der Waals surface area contributed by atoms with Gasteiger partial charge in [0.25, 0.3) is 10.0 Å². The molecule has 0 bridgehead atoms. The third kappa shape index (κ3) is 2.67. The summed E-state index contributed by atoms with van der Waals surface area (Å²) in [6.07, 6.45) is 1.12. The molecule has 0 unspecified atom stereocenters. The van der Waals surface area contributed by atoms with E-state index in [1.165, 1.54) is 6.20 Å². The van der Waals surface area contributed by atoms with Crippen molar-refractivity contribution in [3.05, 3.63) is 29.8 Å². The van der Waals surface area contributed by atoms with E-state index in [-0.39, 0.29) is 4.90 Å². The van der Waals surface area contributed by atoms with Crippen LogP contribution in [0.25, 0.3) is 0 Å². The first-order valence-corrected chi connectivity index (χ1v) is 7.62. The second-order valence-corrected chi connectivity index (χ2v) is 6.62. The van der Waals surface area contributed by atoms with Crippen molar-refractivity contribution in [3.63, 3.8) is 0 Å². The summed E-state index contributed by atoms with van der Waals surface area (Å²) < 4.78 is 62.7. The van der Waals surface area contributed by atoms with Crippen LogP contribution in [0, 0.1) is 0 Å². The maximum absolute atomic E-state index is 12.3. The van der Waals surface area contributed by atoms with E-state index in [0.717, 1.165) is 40.6 Å². The van der Waals surface area contributed by atoms with Gasteiger partial charge in [-0.1, -0.05) is 0 Å². The monoisotopic (exact) mass is 320 g/mol. The zero-order valence-electron chi connectivity index (χ0n) is 10.7. The minimum Gasteiger partial charge on any atom is -0.262 e. The standard InChI is InChI=1S/C11H11F3N4O2S/c12-11(13,14)7-17-6-9(4-15-17)21(19,20)18-5-8-2-1-3-10(8)16-18/h4-6H,1-3,7H2. The average Bonchev–Trinajstić information content (AvgIpc) is 2.98. The summed E-state index contributed by atoms with van der Waals surface area (Å²) in [5.41, 5.74) is 1.59. The van der Waals surface area contributed by atoms with E-state index in [4.69, 9.17) is 0 Å². The van der Waals surface area contributed by atoms with Crippen LogP contribution in [-0.2, 0) is 29.4 Å². The predicted molar refractivity (Wildman–Crippen MR) is 65.1 cm³/mol. The molecule has 2 aromatic heterocycles. The number of hydrogen-bond acceptors (Lipinski definition) is 4. The van der Waals surface area contributed by atoms with Crippen molar-refractivity contribution < 1.29 is 21.6 Å². The van der Waals surface area contributed by atoms with Gasteiger partial charge in [0.1, 0.15) is 11.4 Å². The lowest BCUT2D eigenvalue weighted by Gasteiger charge is -2.05. The first-order chi connectivity index (χ1) is 9.75. The molecule has 2 aromatic rings. The van der Waals surface area contributed by atoms with Crippen LogP contribution < -0.4 is 0 Å². The van der Waals surface area contributed by atoms with Crippen molar-refractivity contribution in [2.75, 3.05) is 0 Å². The fourth-order valence-corrected chi connectivity index (χ4v) is 3.39. The van der Waals surface area contributed by atoms with Gasteiger partial charge in [0, 0.05) is 12.4 Å². The van der Waals surface area contributed by atoms with Crippen LogP contribution in [0.5, 0.6) is 0 Å². The Morgan fingerprint density at radius 3 is 2.67 bits per heavy atom. The minimum atomic E-state index is -4.46. The second-order valence-electron chi connectivity index (χ2n) is 4.82. The van der Waals surface area contributed by atoms with Crippen molar-refractivity contribution in [2.24, 2.45) is 0 Å². The van der Waals surface area contributed by atoms with Gasteiger partial charge < -0.3 is 0 Å². The molecule has 0 N–H and O–H groups in total. The fraction of sp³-hybridized carbons (Fsp3) is 0.455. The van der Waals surface area contributed by atoms with Gasteiger partial charge in [0.05, 0.1) is 11.9 Å². The number of rotatable bonds is 3. The summed E-state index contributed by atoms with van der Waals surface area (Å²) in [5.74, 6) is 0. The number of aryl methyl sites for hydroxylation is 2. The Morgan fingerprint density at radius 2 is 2.00 bits per heavy atom. The molecule has 0 saturated heterocycles. The molecule has 3 rings (SSSR count). The Bertz CT molecular complexity index is 754. The van der Waals surface area contributed by atoms with Crippen molar-refractivity contribution in [3.8, 4) is 0 Å². The third-order valence-corrected chi connectivity index (χ3v) is 4.70. The molecule has 2 heterocycles. The van der Waals surface area contributed by atoms with Gasteiger partial charge in [-0.05, 0) is 24.8 Å². The van der Waals surface area contributed by atoms with Gasteiger partial charge in [-0.2, -0.15) is 35.9 Å². The number of fused-ring (bicyclic) bond motifs is 1. The number of aromatic nitrogens is 4. The van der Waals surface area contributed by atoms with Crippen LogP contribution >= 0.6 is 0 Å². The van der Waals surface area contributed by atoms with E-state index in [1.807, 2.05) is 0 Å². The molecule has 1 aliphatic rings. The summed E-state index contributed by atoms with van der Waals surface area (Å²) in [5, 5.41) is 7.43. The van der Waals surface area contributed by atoms with Gasteiger partial charge >= 0.3 is 6.18 Å². The van der Waals surface area contributed by atoms with Crippen LogP contribution in [0.15, 0.2) is 23.5 Å². The topological polar surface area (TPSA) is 69.8 Å². The maximum atomic E-state index is 12.3. The average molecular weight is 320 g/mol. The molecule has 10 heteroatoms. The van der Waals surface area contributed by atoms with Crippen LogP contribution in [0.1, 0.15) is 17.7 Å². The molecular formula is C11H11F3N4O2S. The van der Waals surface area contributed by atoms with E-state index in [9.17, 15) is 21.6 Å². The van der Waals surface area contributed by atoms with Gasteiger partial charge in [-0.3, -0.25) is 4.68 Å². The van der Waals surface area contributed by atoms with Gasteiger partial charge in [0.2, 0.25) is 0 Å². The molecule has 114 valence electrons. The van der Waals surface area contributed by atoms with Gasteiger partial charge in [-0.15, -0.1) is 0 Å². The maximum Gasteiger partial charge on any atom is 0.408 e. The van der Waals surface area contributed by atoms with E-state index >= 15 is 0 Å². The SMILES string of the molecule is O=S(=O)(c1cnn(CC(F)(F)F)c1)n1cc2c(n1)CCC2. The summed E-state index contributed by atoms with van der Waals surface area (Å²) >= 11 is 0. The normalized spacial score (nSPS) is 15.4. The molecule has 0 aromatic carbocycles. The Hall–Kier alpha value is -1.84. The van der Waals surface area contributed by atoms with Crippen LogP contribution in [-0.4, -0.2) is 33.6 Å². The summed E-state index contributed by atoms with van der Waals surface area (Å²) in [7, 11) is -4.00. The van der Waals surface area contributed by atoms with Gasteiger partial charge in [-0.25, -0.2) is 0 Å². The van der Waals surface area contributed by atoms with E-state index in [2.05, 4.69) is 10.2 Å². The summed E-state index contributed by atoms with van der Waals surface area (Å²) in [6, 6.07) is 0. The number of halogens is 3. The lowest BCUT2D eigenvalue weighted by Crippen LogP contribution is -2.18. The largest absolute Gasteiger partial charge is 0.408 e. The molecule has 0 amide bonds. The van der Waals surface area contributed by atoms with E-state index in [1.54, 1.807) is 0 Å². The van der Waals surface area contributed by atoms with E-state index < -0.39 is 22.7 Å². The fourth-order valence-electron chi connectivity index (χ4n) is 2.26. The van der Waals surface area contributed by atoms with Crippen molar-refractivity contribution in [1.29, 1.82) is 0 Å². The lowest BCUT2D eigenvalue weighted by atomic mass is 10.3. The second kappa shape index (κ2) is 4.58. The predicted octanol–water partition coefficient (Wildman–Crippen LogP) is 1.37. The Morgan fingerprint density at radius 1 is 1.24 bits per heavy atom. The Kier molecular flexibility index (Phi) is 3.08. The van der Waals surface area contributed by atoms with Crippen LogP contribution in [0.4, 0.5) is 13.2 Å². The zero-order valence-corrected chi connectivity index (χ0v) is 11.5. The van der Waals surface area contributed by atoms with Crippen LogP contribution in [0.3, 0.4) is 0 Å². The molecule has 21 heavy (non-hydrogen) atoms. The number of alkyl halides is 3. The molecular weight excluding hydrogens is 309 g/mol. The highest BCUT2D eigenvalue weighted by Gasteiger charge is 2.30. The van der Waals surface area contributed by atoms with E-state index in [0.29, 0.717) is 11.1 Å². The van der Waals surface area contributed by atoms with Crippen LogP contribution in [0.2, 0.25) is 0 Å². The third-order valence-electron chi connectivity index (χ3n) is 3.21. The lowest BCUT2D eigenvalue weighted by molar-refractivity contribution is -0.142. The zero-order chi connectivity index (χ0) is 15.3. The van der Waals surface area contributed by atoms with Gasteiger partial charge in [0.15, 0.2) is 0 Å². The highest BCUT2D eigenvalue weighted by molar-refractivity contribution is 7.89. The number of hydrogen-bond donors (Lipinski definition) is 0. The quantitative estimate of drug-likeness (QED) is 0.856. The Labute approximate surface area is 118 Å². The number of nitrogens with zero attached hydrogens (tertiary/aromatic N) is 4. The molecule has 0 atom stereocenters. The molecule has 1 aliphatic carbocycles. The molecule has 0 fully saturated rings. The van der Waals surface area contributed by atoms with Crippen molar-refractivity contribution in [1.82, 2.24) is 19.0 Å². The minimum absolute atomic E-state index is 0.312. The Balaban J connectivity index is 1.91. The molecule has 0 radical (unpaired) electrons. The first-order valence-electron chi connectivity index (χ1n) is 6.18. The first kappa shape index (κ1) is 14.1. The summed E-state index contributed by atoms with van der Waals surface area (Å²) in [6.45, 7) is -1.34. The summed E-state index contributed by atoms with van der Waals surface area (Å²) in [4.78, 5) is -0.312. The molecule has 0 aliphatic heterocycles. The van der Waals surface area contributed by atoms with Crippen molar-refractivity contribution >= 4 is 10.0 Å². The molecule has 0 saturated carbocycles. The smallest absolute Gasteiger partial charge is 0.262 e. The van der Waals surface area contributed by atoms with Crippen molar-refractivity contribution in [2.45, 2.75) is 36.9 Å². The molecule has 0 spiro atoms. The highest BCUT2D eigenvalue weighted by Crippen LogP contribution is 2.23. The highest BCUT2D eigenvalue weighted by atomic mass is 32.2.